The van der Waals surface area contributed by atoms with E-state index in [2.05, 4.69) is 54.6 Å². The number of rotatable bonds is 3. The summed E-state index contributed by atoms with van der Waals surface area (Å²) in [6.45, 7) is 0. The van der Waals surface area contributed by atoms with Crippen molar-refractivity contribution in [2.24, 2.45) is 0 Å². The summed E-state index contributed by atoms with van der Waals surface area (Å²) in [6, 6.07) is 27.1. The van der Waals surface area contributed by atoms with Crippen molar-refractivity contribution < 1.29 is 4.74 Å². The highest BCUT2D eigenvalue weighted by atomic mass is 35.5. The largest absolute Gasteiger partial charge is 0.497 e. The third kappa shape index (κ3) is 2.42. The van der Waals surface area contributed by atoms with E-state index in [-0.39, 0.29) is 5.92 Å². The van der Waals surface area contributed by atoms with Crippen LogP contribution in [0.25, 0.3) is 10.6 Å². The quantitative estimate of drug-likeness (QED) is 0.576. The Morgan fingerprint density at radius 1 is 0.792 bits per heavy atom. The highest BCUT2D eigenvalue weighted by molar-refractivity contribution is 6.54. The molecule has 0 radical (unpaired) electrons. The average molecular weight is 333 g/mol. The van der Waals surface area contributed by atoms with Gasteiger partial charge in [0, 0.05) is 5.92 Å². The molecule has 3 aromatic carbocycles. The molecule has 2 heteroatoms. The van der Waals surface area contributed by atoms with E-state index in [1.165, 1.54) is 11.1 Å². The first-order valence-electron chi connectivity index (χ1n) is 7.98. The molecule has 0 saturated carbocycles. The molecule has 0 amide bonds. The van der Waals surface area contributed by atoms with Gasteiger partial charge in [0.25, 0.3) is 0 Å². The van der Waals surface area contributed by atoms with Gasteiger partial charge in [0.15, 0.2) is 0 Å². The second-order valence-corrected chi connectivity index (χ2v) is 6.27. The number of allylic oxidation sites excluding steroid dienone is 1. The van der Waals surface area contributed by atoms with E-state index < -0.39 is 0 Å². The molecule has 0 spiro atoms. The van der Waals surface area contributed by atoms with Crippen molar-refractivity contribution in [2.45, 2.75) is 5.92 Å². The van der Waals surface area contributed by atoms with Crippen LogP contribution in [0.2, 0.25) is 0 Å². The summed E-state index contributed by atoms with van der Waals surface area (Å²) < 4.78 is 5.28. The van der Waals surface area contributed by atoms with Crippen LogP contribution in [0.15, 0.2) is 78.9 Å². The van der Waals surface area contributed by atoms with Gasteiger partial charge in [0.05, 0.1) is 12.1 Å². The van der Waals surface area contributed by atoms with Gasteiger partial charge in [-0.1, -0.05) is 78.3 Å². The van der Waals surface area contributed by atoms with Crippen molar-refractivity contribution >= 4 is 22.2 Å². The van der Waals surface area contributed by atoms with Crippen molar-refractivity contribution in [3.8, 4) is 5.75 Å². The van der Waals surface area contributed by atoms with E-state index in [9.17, 15) is 0 Å². The Morgan fingerprint density at radius 3 is 2.17 bits per heavy atom. The molecule has 0 saturated heterocycles. The maximum absolute atomic E-state index is 6.81. The summed E-state index contributed by atoms with van der Waals surface area (Å²) in [7, 11) is 1.68. The Hall–Kier alpha value is -2.51. The van der Waals surface area contributed by atoms with E-state index in [1.807, 2.05) is 24.3 Å². The summed E-state index contributed by atoms with van der Waals surface area (Å²) in [4.78, 5) is 0. The van der Waals surface area contributed by atoms with Gasteiger partial charge in [0.2, 0.25) is 0 Å². The summed E-state index contributed by atoms with van der Waals surface area (Å²) in [5.41, 5.74) is 5.93. The highest BCUT2D eigenvalue weighted by Gasteiger charge is 2.32. The third-order valence-electron chi connectivity index (χ3n) is 4.57. The lowest BCUT2D eigenvalue weighted by Gasteiger charge is -2.18. The molecule has 1 aliphatic carbocycles. The van der Waals surface area contributed by atoms with Crippen molar-refractivity contribution in [1.82, 2.24) is 0 Å². The third-order valence-corrected chi connectivity index (χ3v) is 4.97. The van der Waals surface area contributed by atoms with Gasteiger partial charge >= 0.3 is 0 Å². The normalized spacial score (nSPS) is 16.2. The zero-order valence-corrected chi connectivity index (χ0v) is 14.1. The van der Waals surface area contributed by atoms with Crippen molar-refractivity contribution in [3.05, 3.63) is 101 Å². The van der Waals surface area contributed by atoms with E-state index in [1.54, 1.807) is 7.11 Å². The van der Waals surface area contributed by atoms with Crippen LogP contribution in [-0.2, 0) is 0 Å². The molecule has 0 aliphatic heterocycles. The van der Waals surface area contributed by atoms with Gasteiger partial charge in [0.1, 0.15) is 5.75 Å². The van der Waals surface area contributed by atoms with Crippen LogP contribution in [-0.4, -0.2) is 7.11 Å². The Kier molecular flexibility index (Phi) is 3.87. The first-order valence-corrected chi connectivity index (χ1v) is 8.35. The first kappa shape index (κ1) is 15.0. The van der Waals surface area contributed by atoms with Gasteiger partial charge in [-0.25, -0.2) is 0 Å². The summed E-state index contributed by atoms with van der Waals surface area (Å²) in [5.74, 6) is 1.01. The van der Waals surface area contributed by atoms with Gasteiger partial charge in [-0.15, -0.1) is 0 Å². The van der Waals surface area contributed by atoms with Crippen LogP contribution in [0, 0.1) is 0 Å². The summed E-state index contributed by atoms with van der Waals surface area (Å²) in [5, 5.41) is 0.838. The number of hydrogen-bond acceptors (Lipinski definition) is 1. The number of fused-ring (bicyclic) bond motifs is 1. The molecule has 1 aliphatic rings. The predicted molar refractivity (Wildman–Crippen MR) is 100 cm³/mol. The molecule has 118 valence electrons. The zero-order chi connectivity index (χ0) is 16.5. The lowest BCUT2D eigenvalue weighted by atomic mass is 9.85. The van der Waals surface area contributed by atoms with E-state index >= 15 is 0 Å². The maximum Gasteiger partial charge on any atom is 0.118 e. The summed E-state index contributed by atoms with van der Waals surface area (Å²) >= 11 is 6.81. The molecule has 1 unspecified atom stereocenters. The van der Waals surface area contributed by atoms with Crippen LogP contribution in [0.1, 0.15) is 28.2 Å². The maximum atomic E-state index is 6.81. The minimum absolute atomic E-state index is 0.156. The van der Waals surface area contributed by atoms with Crippen molar-refractivity contribution in [3.63, 3.8) is 0 Å². The number of hydrogen-bond donors (Lipinski definition) is 0. The fourth-order valence-electron chi connectivity index (χ4n) is 3.43. The van der Waals surface area contributed by atoms with Gasteiger partial charge < -0.3 is 4.74 Å². The molecule has 0 aromatic heterocycles. The fraction of sp³-hybridized carbons (Fsp3) is 0.0909. The van der Waals surface area contributed by atoms with Crippen LogP contribution < -0.4 is 4.74 Å². The van der Waals surface area contributed by atoms with Gasteiger partial charge in [-0.2, -0.15) is 0 Å². The fourth-order valence-corrected chi connectivity index (χ4v) is 3.82. The second-order valence-electron chi connectivity index (χ2n) is 5.89. The highest BCUT2D eigenvalue weighted by Crippen LogP contribution is 2.51. The Labute approximate surface area is 147 Å². The molecule has 3 aromatic rings. The van der Waals surface area contributed by atoms with Gasteiger partial charge in [-0.05, 0) is 40.0 Å². The smallest absolute Gasteiger partial charge is 0.118 e. The Morgan fingerprint density at radius 2 is 1.46 bits per heavy atom. The predicted octanol–water partition coefficient (Wildman–Crippen LogP) is 5.95. The average Bonchev–Trinajstić information content (AvgIpc) is 2.95. The number of ether oxygens (including phenoxy) is 1. The standard InChI is InChI=1S/C22H17ClO/c1-24-17-13-11-16(12-14-17)21-20(15-7-3-2-4-8-15)18-9-5-6-10-19(18)22(21)23/h2-14,20H,1H3. The summed E-state index contributed by atoms with van der Waals surface area (Å²) in [6.07, 6.45) is 0. The topological polar surface area (TPSA) is 9.23 Å². The molecule has 0 heterocycles. The number of benzene rings is 3. The minimum Gasteiger partial charge on any atom is -0.497 e. The molecule has 24 heavy (non-hydrogen) atoms. The zero-order valence-electron chi connectivity index (χ0n) is 13.4. The Bertz CT molecular complexity index is 895. The van der Waals surface area contributed by atoms with Gasteiger partial charge in [-0.3, -0.25) is 0 Å². The molecule has 0 fully saturated rings. The number of halogens is 1. The lowest BCUT2D eigenvalue weighted by molar-refractivity contribution is 0.415. The second kappa shape index (κ2) is 6.18. The SMILES string of the molecule is COc1ccc(C2=C(Cl)c3ccccc3C2c2ccccc2)cc1. The molecule has 0 N–H and O–H groups in total. The minimum atomic E-state index is 0.156. The van der Waals surface area contributed by atoms with E-state index in [0.717, 1.165) is 27.5 Å². The van der Waals surface area contributed by atoms with E-state index in [4.69, 9.17) is 16.3 Å². The van der Waals surface area contributed by atoms with Crippen LogP contribution in [0.5, 0.6) is 5.75 Å². The van der Waals surface area contributed by atoms with E-state index in [0.29, 0.717) is 0 Å². The van der Waals surface area contributed by atoms with Crippen LogP contribution >= 0.6 is 11.6 Å². The van der Waals surface area contributed by atoms with Crippen LogP contribution in [0.4, 0.5) is 0 Å². The number of methoxy groups -OCH3 is 1. The molecular formula is C22H17ClO. The van der Waals surface area contributed by atoms with Crippen molar-refractivity contribution in [1.29, 1.82) is 0 Å². The molecular weight excluding hydrogens is 316 g/mol. The molecule has 1 nitrogen and oxygen atoms in total. The molecule has 1 atom stereocenters. The molecule has 0 bridgehead atoms. The lowest BCUT2D eigenvalue weighted by Crippen LogP contribution is -2.01. The van der Waals surface area contributed by atoms with Crippen molar-refractivity contribution in [2.75, 3.05) is 7.11 Å². The Balaban J connectivity index is 1.91. The van der Waals surface area contributed by atoms with Crippen LogP contribution in [0.3, 0.4) is 0 Å². The first-order chi connectivity index (χ1) is 11.8. The molecule has 4 rings (SSSR count). The monoisotopic (exact) mass is 332 g/mol.